The second-order valence-electron chi connectivity index (χ2n) is 7.44. The van der Waals surface area contributed by atoms with Crippen LogP contribution in [0.25, 0.3) is 0 Å². The monoisotopic (exact) mass is 395 g/mol. The molecule has 0 amide bonds. The summed E-state index contributed by atoms with van der Waals surface area (Å²) < 4.78 is 25.3. The van der Waals surface area contributed by atoms with Crippen molar-refractivity contribution in [2.45, 2.75) is 49.4 Å². The van der Waals surface area contributed by atoms with E-state index in [2.05, 4.69) is 31.5 Å². The first-order chi connectivity index (χ1) is 13.6. The molecule has 3 aromatic rings. The van der Waals surface area contributed by atoms with E-state index in [0.29, 0.717) is 11.5 Å². The van der Waals surface area contributed by atoms with E-state index in [0.717, 1.165) is 44.2 Å². The van der Waals surface area contributed by atoms with Crippen molar-refractivity contribution < 1.29 is 8.42 Å². The molecule has 0 unspecified atom stereocenters. The highest BCUT2D eigenvalue weighted by molar-refractivity contribution is 7.90. The van der Waals surface area contributed by atoms with Crippen LogP contribution in [0, 0.1) is 0 Å². The number of anilines is 2. The Morgan fingerprint density at radius 2 is 1.68 bits per heavy atom. The maximum absolute atomic E-state index is 12.6. The van der Waals surface area contributed by atoms with E-state index in [-0.39, 0.29) is 10.9 Å². The molecule has 0 saturated heterocycles. The van der Waals surface area contributed by atoms with Crippen molar-refractivity contribution in [2.24, 2.45) is 0 Å². The first-order valence-corrected chi connectivity index (χ1v) is 11.2. The zero-order valence-corrected chi connectivity index (χ0v) is 16.2. The Morgan fingerprint density at radius 3 is 2.36 bits per heavy atom. The topological polar surface area (TPSA) is 101 Å². The van der Waals surface area contributed by atoms with Crippen molar-refractivity contribution in [3.63, 3.8) is 0 Å². The van der Waals surface area contributed by atoms with Crippen LogP contribution in [0.2, 0.25) is 0 Å². The lowest BCUT2D eigenvalue weighted by molar-refractivity contribution is 0.587. The number of H-pyrrole nitrogens is 1. The van der Waals surface area contributed by atoms with Gasteiger partial charge in [-0.15, -0.1) is 5.10 Å². The maximum atomic E-state index is 12.6. The summed E-state index contributed by atoms with van der Waals surface area (Å²) >= 11 is 0. The quantitative estimate of drug-likeness (QED) is 0.689. The fourth-order valence-corrected chi connectivity index (χ4v) is 5.47. The van der Waals surface area contributed by atoms with Crippen LogP contribution in [-0.4, -0.2) is 28.6 Å². The van der Waals surface area contributed by atoms with E-state index < -0.39 is 9.84 Å². The van der Waals surface area contributed by atoms with E-state index >= 15 is 0 Å². The molecule has 2 N–H and O–H groups in total. The fraction of sp³-hybridized carbons (Fsp3) is 0.350. The Morgan fingerprint density at radius 1 is 1.00 bits per heavy atom. The number of fused-ring (bicyclic) bond motifs is 2. The molecule has 0 bridgehead atoms. The van der Waals surface area contributed by atoms with Gasteiger partial charge < -0.3 is 5.32 Å². The summed E-state index contributed by atoms with van der Waals surface area (Å²) in [5.41, 5.74) is 7.28. The first-order valence-electron chi connectivity index (χ1n) is 9.58. The van der Waals surface area contributed by atoms with Gasteiger partial charge in [0.15, 0.2) is 0 Å². The SMILES string of the molecule is O=S(=O)(Cc1ccncc1)c1n[nH]c(Nc2c3c(cc4c2CCC4)CCC3)n1. The highest BCUT2D eigenvalue weighted by Crippen LogP contribution is 2.39. The number of hydrogen-bond acceptors (Lipinski definition) is 6. The zero-order valence-electron chi connectivity index (χ0n) is 15.4. The smallest absolute Gasteiger partial charge is 0.268 e. The number of aryl methyl sites for hydroxylation is 2. The number of aromatic nitrogens is 4. The zero-order chi connectivity index (χ0) is 19.1. The van der Waals surface area contributed by atoms with Crippen LogP contribution < -0.4 is 5.32 Å². The van der Waals surface area contributed by atoms with Crippen LogP contribution >= 0.6 is 0 Å². The van der Waals surface area contributed by atoms with Gasteiger partial charge in [-0.25, -0.2) is 13.5 Å². The average Bonchev–Trinajstić information content (AvgIpc) is 3.42. The van der Waals surface area contributed by atoms with Crippen molar-refractivity contribution in [3.8, 4) is 0 Å². The Kier molecular flexibility index (Phi) is 4.16. The number of rotatable bonds is 5. The molecule has 1 aromatic carbocycles. The number of sulfone groups is 1. The van der Waals surface area contributed by atoms with Crippen LogP contribution in [0.1, 0.15) is 40.7 Å². The third-order valence-electron chi connectivity index (χ3n) is 5.57. The molecule has 2 aliphatic carbocycles. The summed E-state index contributed by atoms with van der Waals surface area (Å²) in [6.45, 7) is 0. The first kappa shape index (κ1) is 17.4. The van der Waals surface area contributed by atoms with Crippen molar-refractivity contribution in [2.75, 3.05) is 5.32 Å². The largest absolute Gasteiger partial charge is 0.324 e. The van der Waals surface area contributed by atoms with Crippen LogP contribution in [0.3, 0.4) is 0 Å². The van der Waals surface area contributed by atoms with E-state index in [1.165, 1.54) is 22.3 Å². The van der Waals surface area contributed by atoms with Gasteiger partial charge in [-0.1, -0.05) is 6.07 Å². The second-order valence-corrected chi connectivity index (χ2v) is 9.32. The van der Waals surface area contributed by atoms with Crippen LogP contribution in [0.15, 0.2) is 35.7 Å². The van der Waals surface area contributed by atoms with Gasteiger partial charge in [0, 0.05) is 18.1 Å². The standard InChI is InChI=1S/C20H21N5O2S/c26-28(27,12-13-7-9-21-10-8-13)20-23-19(24-25-20)22-18-16-5-1-3-14(16)11-15-4-2-6-17(15)18/h7-11H,1-6,12H2,(H2,22,23,24,25). The summed E-state index contributed by atoms with van der Waals surface area (Å²) in [6.07, 6.45) is 9.79. The Labute approximate surface area is 163 Å². The molecule has 144 valence electrons. The third-order valence-corrected chi connectivity index (χ3v) is 7.02. The molecular weight excluding hydrogens is 374 g/mol. The minimum absolute atomic E-state index is 0.150. The molecule has 7 nitrogen and oxygen atoms in total. The molecule has 2 aliphatic rings. The van der Waals surface area contributed by atoms with Crippen molar-refractivity contribution in [1.82, 2.24) is 20.2 Å². The second kappa shape index (κ2) is 6.70. The van der Waals surface area contributed by atoms with E-state index in [9.17, 15) is 8.42 Å². The Balaban J connectivity index is 1.44. The molecule has 0 spiro atoms. The molecule has 0 aliphatic heterocycles. The van der Waals surface area contributed by atoms with Gasteiger partial charge in [-0.2, -0.15) is 4.98 Å². The van der Waals surface area contributed by atoms with E-state index in [1.807, 2.05) is 0 Å². The van der Waals surface area contributed by atoms with Gasteiger partial charge in [-0.05, 0) is 78.5 Å². The minimum Gasteiger partial charge on any atom is -0.324 e. The van der Waals surface area contributed by atoms with Crippen LogP contribution in [0.5, 0.6) is 0 Å². The lowest BCUT2D eigenvalue weighted by atomic mass is 9.99. The lowest BCUT2D eigenvalue weighted by Gasteiger charge is -2.15. The molecule has 8 heteroatoms. The van der Waals surface area contributed by atoms with E-state index in [4.69, 9.17) is 0 Å². The molecule has 2 heterocycles. The highest BCUT2D eigenvalue weighted by Gasteiger charge is 2.26. The fourth-order valence-electron chi connectivity index (χ4n) is 4.29. The van der Waals surface area contributed by atoms with Gasteiger partial charge in [0.1, 0.15) is 0 Å². The molecular formula is C20H21N5O2S. The Bertz CT molecular complexity index is 1110. The molecule has 2 aromatic heterocycles. The summed E-state index contributed by atoms with van der Waals surface area (Å²) in [7, 11) is -3.63. The Hall–Kier alpha value is -2.74. The summed E-state index contributed by atoms with van der Waals surface area (Å²) in [4.78, 5) is 8.16. The number of hydrogen-bond donors (Lipinski definition) is 2. The number of nitrogens with one attached hydrogen (secondary N) is 2. The van der Waals surface area contributed by atoms with Gasteiger partial charge in [0.2, 0.25) is 15.8 Å². The summed E-state index contributed by atoms with van der Waals surface area (Å²) in [5, 5.41) is 9.90. The predicted octanol–water partition coefficient (Wildman–Crippen LogP) is 2.89. The van der Waals surface area contributed by atoms with Gasteiger partial charge in [-0.3, -0.25) is 4.98 Å². The van der Waals surface area contributed by atoms with Crippen LogP contribution in [-0.2, 0) is 41.3 Å². The molecule has 5 rings (SSSR count). The van der Waals surface area contributed by atoms with Gasteiger partial charge in [0.05, 0.1) is 5.75 Å². The molecule has 0 fully saturated rings. The summed E-state index contributed by atoms with van der Waals surface area (Å²) in [6, 6.07) is 5.72. The third kappa shape index (κ3) is 3.07. The number of aromatic amines is 1. The number of pyridine rings is 1. The lowest BCUT2D eigenvalue weighted by Crippen LogP contribution is -2.07. The highest BCUT2D eigenvalue weighted by atomic mass is 32.2. The number of benzene rings is 1. The van der Waals surface area contributed by atoms with Crippen molar-refractivity contribution in [3.05, 3.63) is 58.4 Å². The van der Waals surface area contributed by atoms with Crippen LogP contribution in [0.4, 0.5) is 11.6 Å². The molecule has 0 saturated carbocycles. The van der Waals surface area contributed by atoms with E-state index in [1.54, 1.807) is 24.5 Å². The van der Waals surface area contributed by atoms with Gasteiger partial charge in [0.25, 0.3) is 5.16 Å². The molecule has 0 radical (unpaired) electrons. The van der Waals surface area contributed by atoms with Crippen molar-refractivity contribution >= 4 is 21.5 Å². The molecule has 0 atom stereocenters. The van der Waals surface area contributed by atoms with Gasteiger partial charge >= 0.3 is 0 Å². The van der Waals surface area contributed by atoms with Crippen molar-refractivity contribution in [1.29, 1.82) is 0 Å². The predicted molar refractivity (Wildman–Crippen MR) is 105 cm³/mol. The average molecular weight is 395 g/mol. The maximum Gasteiger partial charge on any atom is 0.268 e. The summed E-state index contributed by atoms with van der Waals surface area (Å²) in [5.74, 6) is 0.228. The number of nitrogens with zero attached hydrogens (tertiary/aromatic N) is 3. The molecule has 28 heavy (non-hydrogen) atoms. The normalized spacial score (nSPS) is 15.4. The minimum atomic E-state index is -3.63.